The number of methoxy groups -OCH3 is 1. The standard InChI is InChI=1S/C19H31N3O3/c1-4-20-19(22-11-9-16(10-12-22)25-5-2)21-14-18(23)15-7-6-8-17(13-15)24-3/h6-8,13,16,18,23H,4-5,9-12,14H2,1-3H3,(H,20,21). The van der Waals surface area contributed by atoms with E-state index in [0.717, 1.165) is 56.4 Å². The minimum Gasteiger partial charge on any atom is -0.497 e. The van der Waals surface area contributed by atoms with Crippen LogP contribution in [0.5, 0.6) is 5.75 Å². The van der Waals surface area contributed by atoms with E-state index in [1.54, 1.807) is 7.11 Å². The lowest BCUT2D eigenvalue weighted by molar-refractivity contribution is 0.0263. The number of aliphatic hydroxyl groups excluding tert-OH is 1. The average Bonchev–Trinajstić information content (AvgIpc) is 2.66. The van der Waals surface area contributed by atoms with Gasteiger partial charge in [-0.3, -0.25) is 4.99 Å². The zero-order valence-corrected chi connectivity index (χ0v) is 15.6. The van der Waals surface area contributed by atoms with Crippen LogP contribution in [-0.4, -0.2) is 62.0 Å². The molecule has 1 heterocycles. The van der Waals surface area contributed by atoms with Crippen molar-refractivity contribution >= 4 is 5.96 Å². The van der Waals surface area contributed by atoms with Crippen molar-refractivity contribution in [1.29, 1.82) is 0 Å². The van der Waals surface area contributed by atoms with E-state index >= 15 is 0 Å². The van der Waals surface area contributed by atoms with Crippen molar-refractivity contribution in [1.82, 2.24) is 10.2 Å². The predicted molar refractivity (Wildman–Crippen MR) is 100 cm³/mol. The van der Waals surface area contributed by atoms with Gasteiger partial charge in [0.2, 0.25) is 0 Å². The summed E-state index contributed by atoms with van der Waals surface area (Å²) in [5.74, 6) is 1.60. The summed E-state index contributed by atoms with van der Waals surface area (Å²) in [6.07, 6.45) is 1.73. The van der Waals surface area contributed by atoms with Crippen LogP contribution in [-0.2, 0) is 4.74 Å². The fourth-order valence-corrected chi connectivity index (χ4v) is 3.02. The number of nitrogens with zero attached hydrogens (tertiary/aromatic N) is 2. The van der Waals surface area contributed by atoms with Gasteiger partial charge in [0.25, 0.3) is 0 Å². The average molecular weight is 349 g/mol. The lowest BCUT2D eigenvalue weighted by atomic mass is 10.1. The smallest absolute Gasteiger partial charge is 0.194 e. The molecule has 1 fully saturated rings. The van der Waals surface area contributed by atoms with Crippen LogP contribution in [0.2, 0.25) is 0 Å². The number of hydrogen-bond donors (Lipinski definition) is 2. The minimum atomic E-state index is -0.648. The molecule has 2 N–H and O–H groups in total. The number of benzene rings is 1. The second kappa shape index (κ2) is 10.3. The van der Waals surface area contributed by atoms with E-state index in [4.69, 9.17) is 9.47 Å². The number of nitrogens with one attached hydrogen (secondary N) is 1. The number of rotatable bonds is 7. The van der Waals surface area contributed by atoms with Crippen LogP contribution in [0.4, 0.5) is 0 Å². The van der Waals surface area contributed by atoms with Crippen LogP contribution in [0.3, 0.4) is 0 Å². The summed E-state index contributed by atoms with van der Waals surface area (Å²) in [6, 6.07) is 7.49. The van der Waals surface area contributed by atoms with Crippen molar-refractivity contribution in [2.45, 2.75) is 38.9 Å². The molecule has 0 saturated carbocycles. The highest BCUT2D eigenvalue weighted by Crippen LogP contribution is 2.20. The number of piperidine rings is 1. The maximum absolute atomic E-state index is 10.4. The van der Waals surface area contributed by atoms with Crippen LogP contribution in [0.15, 0.2) is 29.3 Å². The maximum atomic E-state index is 10.4. The Morgan fingerprint density at radius 3 is 2.76 bits per heavy atom. The molecular formula is C19H31N3O3. The zero-order valence-electron chi connectivity index (χ0n) is 15.6. The number of likely N-dealkylation sites (tertiary alicyclic amines) is 1. The van der Waals surface area contributed by atoms with E-state index in [2.05, 4.69) is 22.1 Å². The lowest BCUT2D eigenvalue weighted by Gasteiger charge is -2.34. The molecule has 1 saturated heterocycles. The van der Waals surface area contributed by atoms with Gasteiger partial charge in [0.15, 0.2) is 5.96 Å². The summed E-state index contributed by atoms with van der Waals surface area (Å²) < 4.78 is 10.9. The van der Waals surface area contributed by atoms with Gasteiger partial charge in [-0.2, -0.15) is 0 Å². The molecule has 1 atom stereocenters. The molecule has 0 bridgehead atoms. The van der Waals surface area contributed by atoms with Crippen molar-refractivity contribution < 1.29 is 14.6 Å². The van der Waals surface area contributed by atoms with Gasteiger partial charge >= 0.3 is 0 Å². The molecular weight excluding hydrogens is 318 g/mol. The third kappa shape index (κ3) is 5.90. The van der Waals surface area contributed by atoms with Gasteiger partial charge in [-0.1, -0.05) is 12.1 Å². The fraction of sp³-hybridized carbons (Fsp3) is 0.632. The van der Waals surface area contributed by atoms with Gasteiger partial charge in [0.1, 0.15) is 5.75 Å². The van der Waals surface area contributed by atoms with Crippen molar-refractivity contribution in [3.05, 3.63) is 29.8 Å². The van der Waals surface area contributed by atoms with Gasteiger partial charge in [0.05, 0.1) is 25.9 Å². The van der Waals surface area contributed by atoms with E-state index in [9.17, 15) is 5.11 Å². The van der Waals surface area contributed by atoms with Gasteiger partial charge in [-0.15, -0.1) is 0 Å². The first-order valence-corrected chi connectivity index (χ1v) is 9.14. The van der Waals surface area contributed by atoms with Crippen molar-refractivity contribution in [2.24, 2.45) is 4.99 Å². The third-order valence-corrected chi connectivity index (χ3v) is 4.37. The number of hydrogen-bond acceptors (Lipinski definition) is 4. The molecule has 1 aromatic rings. The van der Waals surface area contributed by atoms with E-state index in [1.165, 1.54) is 0 Å². The summed E-state index contributed by atoms with van der Waals surface area (Å²) in [5, 5.41) is 13.8. The number of ether oxygens (including phenoxy) is 2. The zero-order chi connectivity index (χ0) is 18.1. The van der Waals surface area contributed by atoms with Crippen molar-refractivity contribution in [3.63, 3.8) is 0 Å². The van der Waals surface area contributed by atoms with Crippen LogP contribution < -0.4 is 10.1 Å². The molecule has 1 aliphatic rings. The first-order chi connectivity index (χ1) is 12.2. The molecule has 2 rings (SSSR count). The molecule has 1 aromatic carbocycles. The summed E-state index contributed by atoms with van der Waals surface area (Å²) >= 11 is 0. The molecule has 1 unspecified atom stereocenters. The molecule has 0 aliphatic carbocycles. The van der Waals surface area contributed by atoms with Crippen LogP contribution in [0.1, 0.15) is 38.4 Å². The quantitative estimate of drug-likeness (QED) is 0.583. The highest BCUT2D eigenvalue weighted by atomic mass is 16.5. The van der Waals surface area contributed by atoms with Crippen LogP contribution >= 0.6 is 0 Å². The van der Waals surface area contributed by atoms with Gasteiger partial charge in [-0.05, 0) is 44.4 Å². The number of aliphatic hydroxyl groups is 1. The summed E-state index contributed by atoms with van der Waals surface area (Å²) in [5.41, 5.74) is 0.814. The summed E-state index contributed by atoms with van der Waals surface area (Å²) in [6.45, 7) is 7.84. The monoisotopic (exact) mass is 349 g/mol. The first-order valence-electron chi connectivity index (χ1n) is 9.14. The summed E-state index contributed by atoms with van der Waals surface area (Å²) in [4.78, 5) is 6.89. The Kier molecular flexibility index (Phi) is 8.01. The molecule has 25 heavy (non-hydrogen) atoms. The van der Waals surface area contributed by atoms with Crippen LogP contribution in [0, 0.1) is 0 Å². The number of aliphatic imine (C=N–C) groups is 1. The highest BCUT2D eigenvalue weighted by molar-refractivity contribution is 5.80. The first kappa shape index (κ1) is 19.5. The topological polar surface area (TPSA) is 66.3 Å². The van der Waals surface area contributed by atoms with Crippen molar-refractivity contribution in [2.75, 3.05) is 39.9 Å². The predicted octanol–water partition coefficient (Wildman–Crippen LogP) is 2.20. The Hall–Kier alpha value is -1.79. The minimum absolute atomic E-state index is 0.320. The Labute approximate surface area is 150 Å². The second-order valence-corrected chi connectivity index (χ2v) is 6.13. The molecule has 1 aliphatic heterocycles. The molecule has 6 nitrogen and oxygen atoms in total. The Morgan fingerprint density at radius 2 is 2.12 bits per heavy atom. The molecule has 0 spiro atoms. The van der Waals surface area contributed by atoms with Crippen LogP contribution in [0.25, 0.3) is 0 Å². The van der Waals surface area contributed by atoms with E-state index in [0.29, 0.717) is 12.6 Å². The van der Waals surface area contributed by atoms with Gasteiger partial charge in [0, 0.05) is 26.2 Å². The van der Waals surface area contributed by atoms with Gasteiger partial charge in [-0.25, -0.2) is 0 Å². The number of guanidine groups is 1. The highest BCUT2D eigenvalue weighted by Gasteiger charge is 2.21. The van der Waals surface area contributed by atoms with E-state index in [-0.39, 0.29) is 0 Å². The lowest BCUT2D eigenvalue weighted by Crippen LogP contribution is -2.47. The molecule has 6 heteroatoms. The fourth-order valence-electron chi connectivity index (χ4n) is 3.02. The Balaban J connectivity index is 1.96. The molecule has 140 valence electrons. The van der Waals surface area contributed by atoms with E-state index in [1.807, 2.05) is 31.2 Å². The molecule has 0 amide bonds. The molecule has 0 aromatic heterocycles. The Morgan fingerprint density at radius 1 is 1.36 bits per heavy atom. The maximum Gasteiger partial charge on any atom is 0.194 e. The van der Waals surface area contributed by atoms with E-state index < -0.39 is 6.10 Å². The Bertz CT molecular complexity index is 542. The summed E-state index contributed by atoms with van der Waals surface area (Å²) in [7, 11) is 1.62. The largest absolute Gasteiger partial charge is 0.497 e. The third-order valence-electron chi connectivity index (χ3n) is 4.37. The SMILES string of the molecule is CCNC(=NCC(O)c1cccc(OC)c1)N1CCC(OCC)CC1. The van der Waals surface area contributed by atoms with Crippen molar-refractivity contribution in [3.8, 4) is 5.75 Å². The second-order valence-electron chi connectivity index (χ2n) is 6.13. The molecule has 0 radical (unpaired) electrons. The van der Waals surface area contributed by atoms with Gasteiger partial charge < -0.3 is 24.8 Å². The normalized spacial score (nSPS) is 17.4.